The van der Waals surface area contributed by atoms with Gasteiger partial charge in [0.1, 0.15) is 12.4 Å². The maximum Gasteiger partial charge on any atom is 0.415 e. The average molecular weight is 362 g/mol. The zero-order valence-corrected chi connectivity index (χ0v) is 17.4. The van der Waals surface area contributed by atoms with Crippen LogP contribution >= 0.6 is 0 Å². The Labute approximate surface area is 152 Å². The van der Waals surface area contributed by atoms with E-state index in [2.05, 4.69) is 25.4 Å². The van der Waals surface area contributed by atoms with Crippen LogP contribution in [0.2, 0.25) is 19.6 Å². The molecule has 0 saturated carbocycles. The highest BCUT2D eigenvalue weighted by molar-refractivity contribution is 6.83. The van der Waals surface area contributed by atoms with Crippen molar-refractivity contribution in [1.29, 1.82) is 0 Å². The normalized spacial score (nSPS) is 12.6. The fourth-order valence-electron chi connectivity index (χ4n) is 2.73. The van der Waals surface area contributed by atoms with Crippen LogP contribution in [0.4, 0.5) is 4.79 Å². The van der Waals surface area contributed by atoms with Crippen LogP contribution < -0.4 is 0 Å². The second kappa shape index (κ2) is 9.04. The maximum atomic E-state index is 12.3. The smallest absolute Gasteiger partial charge is 0.410 e. The van der Waals surface area contributed by atoms with E-state index in [1.165, 1.54) is 6.26 Å². The number of amides is 1. The Kier molecular flexibility index (Phi) is 7.68. The minimum atomic E-state index is -1.86. The van der Waals surface area contributed by atoms with Gasteiger partial charge in [0, 0.05) is 12.1 Å². The van der Waals surface area contributed by atoms with E-state index in [9.17, 15) is 9.90 Å². The number of hydrogen-bond donors (Lipinski definition) is 1. The molecule has 0 aliphatic carbocycles. The molecule has 0 saturated heterocycles. The van der Waals surface area contributed by atoms with E-state index in [0.29, 0.717) is 0 Å². The van der Waals surface area contributed by atoms with Crippen molar-refractivity contribution in [1.82, 2.24) is 4.90 Å². The summed E-state index contributed by atoms with van der Waals surface area (Å²) >= 11 is 0. The van der Waals surface area contributed by atoms with Crippen LogP contribution in [-0.4, -0.2) is 36.3 Å². The standard InChI is InChI=1S/C20H31NO3Si/c1-15(2)21(16(3)4)20(23)24-14-13-18(25(5,6)7)19(22)17-11-9-8-10-12-17/h8-12,14-16,19,22H,1-7H3. The zero-order chi connectivity index (χ0) is 19.2. The fraction of sp³-hybridized carbons (Fsp3) is 0.500. The molecule has 25 heavy (non-hydrogen) atoms. The van der Waals surface area contributed by atoms with Crippen LogP contribution in [0.15, 0.2) is 47.5 Å². The van der Waals surface area contributed by atoms with E-state index in [0.717, 1.165) is 10.8 Å². The van der Waals surface area contributed by atoms with Crippen molar-refractivity contribution in [3.05, 3.63) is 53.1 Å². The molecule has 5 heteroatoms. The van der Waals surface area contributed by atoms with Crippen LogP contribution in [0.1, 0.15) is 39.4 Å². The summed E-state index contributed by atoms with van der Waals surface area (Å²) in [5, 5.41) is 11.5. The number of hydrogen-bond acceptors (Lipinski definition) is 3. The van der Waals surface area contributed by atoms with Gasteiger partial charge in [-0.15, -0.1) is 0 Å². The molecule has 0 bridgehead atoms. The van der Waals surface area contributed by atoms with Crippen LogP contribution in [0.25, 0.3) is 0 Å². The Balaban J connectivity index is 3.08. The molecule has 0 aliphatic heterocycles. The van der Waals surface area contributed by atoms with Gasteiger partial charge >= 0.3 is 6.09 Å². The summed E-state index contributed by atoms with van der Waals surface area (Å²) < 4.78 is 5.28. The highest BCUT2D eigenvalue weighted by Crippen LogP contribution is 2.28. The lowest BCUT2D eigenvalue weighted by molar-refractivity contribution is 0.109. The Morgan fingerprint density at radius 1 is 1.12 bits per heavy atom. The Morgan fingerprint density at radius 3 is 2.08 bits per heavy atom. The molecule has 1 amide bonds. The summed E-state index contributed by atoms with van der Waals surface area (Å²) in [6.45, 7) is 14.2. The van der Waals surface area contributed by atoms with E-state index < -0.39 is 20.3 Å². The summed E-state index contributed by atoms with van der Waals surface area (Å²) in [6.07, 6.45) is 0.149. The fourth-order valence-corrected chi connectivity index (χ4v) is 4.21. The molecular weight excluding hydrogens is 330 g/mol. The van der Waals surface area contributed by atoms with Crippen LogP contribution in [0, 0.1) is 0 Å². The lowest BCUT2D eigenvalue weighted by Gasteiger charge is -2.28. The van der Waals surface area contributed by atoms with Crippen LogP contribution in [0.5, 0.6) is 0 Å². The largest absolute Gasteiger partial charge is 0.415 e. The molecule has 1 unspecified atom stereocenters. The van der Waals surface area contributed by atoms with Crippen molar-refractivity contribution in [3.8, 4) is 0 Å². The first-order valence-corrected chi connectivity index (χ1v) is 12.2. The second-order valence-corrected chi connectivity index (χ2v) is 12.8. The Morgan fingerprint density at radius 2 is 1.64 bits per heavy atom. The lowest BCUT2D eigenvalue weighted by Crippen LogP contribution is -2.41. The first-order chi connectivity index (χ1) is 11.6. The van der Waals surface area contributed by atoms with E-state index in [4.69, 9.17) is 4.74 Å². The van der Waals surface area contributed by atoms with E-state index >= 15 is 0 Å². The van der Waals surface area contributed by atoms with Gasteiger partial charge in [-0.25, -0.2) is 4.79 Å². The summed E-state index contributed by atoms with van der Waals surface area (Å²) in [6, 6.07) is 9.58. The number of aliphatic hydroxyl groups is 1. The van der Waals surface area contributed by atoms with Gasteiger partial charge in [-0.05, 0) is 38.5 Å². The van der Waals surface area contributed by atoms with Crippen molar-refractivity contribution < 1.29 is 14.6 Å². The lowest BCUT2D eigenvalue weighted by atomic mass is 10.1. The van der Waals surface area contributed by atoms with Gasteiger partial charge in [0.25, 0.3) is 0 Å². The first kappa shape index (κ1) is 21.2. The quantitative estimate of drug-likeness (QED) is 0.446. The molecule has 0 heterocycles. The number of benzene rings is 1. The van der Waals surface area contributed by atoms with Crippen molar-refractivity contribution >= 4 is 14.2 Å². The molecule has 0 aromatic heterocycles. The minimum Gasteiger partial charge on any atom is -0.410 e. The van der Waals surface area contributed by atoms with Crippen molar-refractivity contribution in [3.63, 3.8) is 0 Å². The first-order valence-electron chi connectivity index (χ1n) is 8.73. The molecule has 1 aromatic carbocycles. The molecule has 0 fully saturated rings. The van der Waals surface area contributed by atoms with Crippen molar-refractivity contribution in [2.75, 3.05) is 0 Å². The second-order valence-electron chi connectivity index (χ2n) is 7.72. The van der Waals surface area contributed by atoms with Crippen molar-refractivity contribution in [2.45, 2.75) is 65.5 Å². The van der Waals surface area contributed by atoms with Crippen LogP contribution in [0.3, 0.4) is 0 Å². The van der Waals surface area contributed by atoms with E-state index in [1.54, 1.807) is 4.90 Å². The average Bonchev–Trinajstić information content (AvgIpc) is 2.50. The van der Waals surface area contributed by atoms with Gasteiger partial charge in [0.15, 0.2) is 0 Å². The van der Waals surface area contributed by atoms with Gasteiger partial charge < -0.3 is 14.7 Å². The zero-order valence-electron chi connectivity index (χ0n) is 16.4. The van der Waals surface area contributed by atoms with Crippen LogP contribution in [-0.2, 0) is 4.74 Å². The summed E-state index contributed by atoms with van der Waals surface area (Å²) in [5.41, 5.74) is 3.87. The van der Waals surface area contributed by atoms with E-state index in [1.807, 2.05) is 58.0 Å². The molecule has 0 aliphatic rings. The molecule has 4 nitrogen and oxygen atoms in total. The minimum absolute atomic E-state index is 0.0521. The molecule has 1 N–H and O–H groups in total. The molecule has 0 radical (unpaired) electrons. The molecule has 1 rings (SSSR count). The van der Waals surface area contributed by atoms with Gasteiger partial charge in [-0.3, -0.25) is 0 Å². The third kappa shape index (κ3) is 6.20. The number of aliphatic hydroxyl groups excluding tert-OH is 1. The number of nitrogens with zero attached hydrogens (tertiary/aromatic N) is 1. The third-order valence-electron chi connectivity index (χ3n) is 3.89. The molecule has 1 atom stereocenters. The maximum absolute atomic E-state index is 12.3. The van der Waals surface area contributed by atoms with Gasteiger partial charge in [-0.2, -0.15) is 0 Å². The third-order valence-corrected chi connectivity index (χ3v) is 5.93. The SMILES string of the molecule is CC(C)N(C(=O)OC=C=C(C(O)c1ccccc1)[Si](C)(C)C)C(C)C. The number of ether oxygens (including phenoxy) is 1. The topological polar surface area (TPSA) is 49.8 Å². The Bertz CT molecular complexity index is 618. The van der Waals surface area contributed by atoms with Crippen molar-refractivity contribution in [2.24, 2.45) is 0 Å². The van der Waals surface area contributed by atoms with Gasteiger partial charge in [-0.1, -0.05) is 55.7 Å². The predicted octanol–water partition coefficient (Wildman–Crippen LogP) is 4.89. The summed E-state index contributed by atoms with van der Waals surface area (Å²) in [7, 11) is -1.86. The molecule has 138 valence electrons. The summed E-state index contributed by atoms with van der Waals surface area (Å²) in [4.78, 5) is 13.9. The van der Waals surface area contributed by atoms with Gasteiger partial charge in [0.2, 0.25) is 0 Å². The molecular formula is C20H31NO3Si. The highest BCUT2D eigenvalue weighted by atomic mass is 28.3. The number of carbonyl (C=O) groups excluding carboxylic acids is 1. The van der Waals surface area contributed by atoms with E-state index in [-0.39, 0.29) is 12.1 Å². The van der Waals surface area contributed by atoms with Gasteiger partial charge in [0.05, 0.1) is 8.07 Å². The Hall–Kier alpha value is -1.81. The number of rotatable bonds is 6. The highest BCUT2D eigenvalue weighted by Gasteiger charge is 2.27. The number of carbonyl (C=O) groups is 1. The molecule has 0 spiro atoms. The monoisotopic (exact) mass is 361 g/mol. The predicted molar refractivity (Wildman–Crippen MR) is 105 cm³/mol. The summed E-state index contributed by atoms with van der Waals surface area (Å²) in [5.74, 6) is 0. The molecule has 1 aromatic rings.